The molecule has 0 aliphatic heterocycles. The molecule has 0 aliphatic carbocycles. The molecule has 1 aromatic rings. The van der Waals surface area contributed by atoms with E-state index in [9.17, 15) is 22.4 Å². The number of hydrogen-bond acceptors (Lipinski definition) is 3. The van der Waals surface area contributed by atoms with Gasteiger partial charge in [0.15, 0.2) is 5.82 Å². The summed E-state index contributed by atoms with van der Waals surface area (Å²) >= 11 is 4.94. The van der Waals surface area contributed by atoms with Gasteiger partial charge in [-0.15, -0.1) is 13.2 Å². The standard InChI is InChI=1S/C7H2ClF4NO2/c8-5(14)4-2-1-3(9)6(13-4)15-7(10,11)12/h1-2H. The Labute approximate surface area is 85.6 Å². The highest BCUT2D eigenvalue weighted by atomic mass is 35.5. The number of hydrogen-bond donors (Lipinski definition) is 0. The van der Waals surface area contributed by atoms with Crippen LogP contribution in [0.15, 0.2) is 12.1 Å². The Bertz CT molecular complexity index is 393. The van der Waals surface area contributed by atoms with E-state index in [1.54, 1.807) is 0 Å². The summed E-state index contributed by atoms with van der Waals surface area (Å²) in [6.07, 6.45) is -5.08. The van der Waals surface area contributed by atoms with Crippen molar-refractivity contribution in [3.05, 3.63) is 23.6 Å². The van der Waals surface area contributed by atoms with Gasteiger partial charge in [0.1, 0.15) is 5.69 Å². The largest absolute Gasteiger partial charge is 0.574 e. The van der Waals surface area contributed by atoms with Crippen LogP contribution in [-0.2, 0) is 0 Å². The molecule has 0 unspecified atom stereocenters. The van der Waals surface area contributed by atoms with Gasteiger partial charge in [0, 0.05) is 0 Å². The Kier molecular flexibility index (Phi) is 3.13. The molecule has 15 heavy (non-hydrogen) atoms. The van der Waals surface area contributed by atoms with Crippen molar-refractivity contribution in [3.8, 4) is 5.88 Å². The molecule has 1 aromatic heterocycles. The van der Waals surface area contributed by atoms with Gasteiger partial charge >= 0.3 is 6.36 Å². The third kappa shape index (κ3) is 3.35. The zero-order valence-electron chi connectivity index (χ0n) is 6.81. The lowest BCUT2D eigenvalue weighted by atomic mass is 10.3. The Morgan fingerprint density at radius 1 is 1.40 bits per heavy atom. The molecule has 3 nitrogen and oxygen atoms in total. The molecule has 0 saturated carbocycles. The Morgan fingerprint density at radius 2 is 2.00 bits per heavy atom. The highest BCUT2D eigenvalue weighted by molar-refractivity contribution is 6.67. The second-order valence-electron chi connectivity index (χ2n) is 2.30. The summed E-state index contributed by atoms with van der Waals surface area (Å²) in [4.78, 5) is 13.5. The number of pyridine rings is 1. The third-order valence-corrected chi connectivity index (χ3v) is 1.42. The Balaban J connectivity index is 3.06. The van der Waals surface area contributed by atoms with Crippen molar-refractivity contribution in [1.29, 1.82) is 0 Å². The van der Waals surface area contributed by atoms with Gasteiger partial charge in [-0.05, 0) is 23.7 Å². The van der Waals surface area contributed by atoms with Gasteiger partial charge in [0.05, 0.1) is 0 Å². The molecule has 0 saturated heterocycles. The highest BCUT2D eigenvalue weighted by Gasteiger charge is 2.33. The average Bonchev–Trinajstić information content (AvgIpc) is 2.06. The average molecular weight is 244 g/mol. The van der Waals surface area contributed by atoms with Crippen molar-refractivity contribution in [2.24, 2.45) is 0 Å². The normalized spacial score (nSPS) is 11.3. The van der Waals surface area contributed by atoms with E-state index in [-0.39, 0.29) is 0 Å². The van der Waals surface area contributed by atoms with Crippen molar-refractivity contribution < 1.29 is 27.1 Å². The van der Waals surface area contributed by atoms with E-state index in [1.165, 1.54) is 0 Å². The number of carbonyl (C=O) groups excluding carboxylic acids is 1. The SMILES string of the molecule is O=C(Cl)c1ccc(F)c(OC(F)(F)F)n1. The van der Waals surface area contributed by atoms with Gasteiger partial charge in [-0.1, -0.05) is 0 Å². The van der Waals surface area contributed by atoms with Crippen LogP contribution in [0.25, 0.3) is 0 Å². The lowest BCUT2D eigenvalue weighted by Gasteiger charge is -2.08. The van der Waals surface area contributed by atoms with Crippen molar-refractivity contribution >= 4 is 16.8 Å². The molecule has 0 spiro atoms. The molecule has 0 radical (unpaired) electrons. The van der Waals surface area contributed by atoms with E-state index in [4.69, 9.17) is 11.6 Å². The number of nitrogens with zero attached hydrogens (tertiary/aromatic N) is 1. The van der Waals surface area contributed by atoms with E-state index in [2.05, 4.69) is 9.72 Å². The van der Waals surface area contributed by atoms with Crippen LogP contribution >= 0.6 is 11.6 Å². The first-order chi connectivity index (χ1) is 6.79. The fourth-order valence-electron chi connectivity index (χ4n) is 0.714. The molecule has 0 aliphatic rings. The maximum absolute atomic E-state index is 12.7. The molecule has 0 bridgehead atoms. The lowest BCUT2D eigenvalue weighted by Crippen LogP contribution is -2.19. The maximum atomic E-state index is 12.7. The predicted octanol–water partition coefficient (Wildman–Crippen LogP) is 2.50. The maximum Gasteiger partial charge on any atom is 0.574 e. The van der Waals surface area contributed by atoms with Crippen LogP contribution in [0.1, 0.15) is 10.5 Å². The minimum atomic E-state index is -5.08. The van der Waals surface area contributed by atoms with Gasteiger partial charge < -0.3 is 4.74 Å². The van der Waals surface area contributed by atoms with Crippen LogP contribution in [0, 0.1) is 5.82 Å². The zero-order valence-corrected chi connectivity index (χ0v) is 7.56. The number of rotatable bonds is 2. The molecule has 0 aromatic carbocycles. The van der Waals surface area contributed by atoms with Gasteiger partial charge in [-0.2, -0.15) is 0 Å². The van der Waals surface area contributed by atoms with E-state index < -0.39 is 29.0 Å². The first-order valence-corrected chi connectivity index (χ1v) is 3.79. The van der Waals surface area contributed by atoms with E-state index in [0.29, 0.717) is 6.07 Å². The molecular formula is C7H2ClF4NO2. The number of aromatic nitrogens is 1. The minimum Gasteiger partial charge on any atom is -0.385 e. The summed E-state index contributed by atoms with van der Waals surface area (Å²) in [7, 11) is 0. The van der Waals surface area contributed by atoms with Crippen LogP contribution in [0.2, 0.25) is 0 Å². The summed E-state index contributed by atoms with van der Waals surface area (Å²) in [5.41, 5.74) is -0.530. The van der Waals surface area contributed by atoms with Gasteiger partial charge in [-0.25, -0.2) is 9.37 Å². The first-order valence-electron chi connectivity index (χ1n) is 3.42. The van der Waals surface area contributed by atoms with Crippen LogP contribution in [-0.4, -0.2) is 16.6 Å². The second-order valence-corrected chi connectivity index (χ2v) is 2.65. The Hall–Kier alpha value is -1.37. The Morgan fingerprint density at radius 3 is 2.47 bits per heavy atom. The summed E-state index contributed by atoms with van der Waals surface area (Å²) < 4.78 is 51.1. The van der Waals surface area contributed by atoms with E-state index in [1.807, 2.05) is 0 Å². The smallest absolute Gasteiger partial charge is 0.385 e. The van der Waals surface area contributed by atoms with Gasteiger partial charge in [-0.3, -0.25) is 4.79 Å². The number of ether oxygens (including phenoxy) is 1. The quantitative estimate of drug-likeness (QED) is 0.592. The van der Waals surface area contributed by atoms with Crippen LogP contribution in [0.4, 0.5) is 17.6 Å². The molecule has 0 fully saturated rings. The lowest BCUT2D eigenvalue weighted by molar-refractivity contribution is -0.277. The van der Waals surface area contributed by atoms with Crippen molar-refractivity contribution in [2.45, 2.75) is 6.36 Å². The van der Waals surface area contributed by atoms with Crippen molar-refractivity contribution in [2.75, 3.05) is 0 Å². The molecule has 0 N–H and O–H groups in total. The molecule has 1 rings (SSSR count). The zero-order chi connectivity index (χ0) is 11.6. The van der Waals surface area contributed by atoms with Gasteiger partial charge in [0.2, 0.25) is 0 Å². The van der Waals surface area contributed by atoms with Crippen LogP contribution < -0.4 is 4.74 Å². The predicted molar refractivity (Wildman–Crippen MR) is 41.1 cm³/mol. The monoisotopic (exact) mass is 243 g/mol. The summed E-state index contributed by atoms with van der Waals surface area (Å²) in [6, 6.07) is 1.44. The van der Waals surface area contributed by atoms with Crippen molar-refractivity contribution in [3.63, 3.8) is 0 Å². The summed E-state index contributed by atoms with van der Waals surface area (Å²) in [6.45, 7) is 0. The first kappa shape index (κ1) is 11.7. The minimum absolute atomic E-state index is 0.530. The molecule has 8 heteroatoms. The topological polar surface area (TPSA) is 39.2 Å². The molecule has 1 heterocycles. The fourth-order valence-corrected chi connectivity index (χ4v) is 0.819. The number of carbonyl (C=O) groups is 1. The third-order valence-electron chi connectivity index (χ3n) is 1.23. The van der Waals surface area contributed by atoms with Crippen LogP contribution in [0.5, 0.6) is 5.88 Å². The van der Waals surface area contributed by atoms with E-state index in [0.717, 1.165) is 6.07 Å². The van der Waals surface area contributed by atoms with E-state index >= 15 is 0 Å². The molecular weight excluding hydrogens is 242 g/mol. The molecule has 82 valence electrons. The number of alkyl halides is 3. The summed E-state index contributed by atoms with van der Waals surface area (Å²) in [5, 5.41) is -1.11. The highest BCUT2D eigenvalue weighted by Crippen LogP contribution is 2.23. The van der Waals surface area contributed by atoms with Gasteiger partial charge in [0.25, 0.3) is 11.1 Å². The van der Waals surface area contributed by atoms with Crippen molar-refractivity contribution in [1.82, 2.24) is 4.98 Å². The fraction of sp³-hybridized carbons (Fsp3) is 0.143. The summed E-state index contributed by atoms with van der Waals surface area (Å²) in [5.74, 6) is -2.68. The molecule has 0 atom stereocenters. The second kappa shape index (κ2) is 4.01. The molecule has 0 amide bonds. The van der Waals surface area contributed by atoms with Crippen LogP contribution in [0.3, 0.4) is 0 Å². The number of halogens is 5.